The summed E-state index contributed by atoms with van der Waals surface area (Å²) in [5.41, 5.74) is 0. The van der Waals surface area contributed by atoms with Gasteiger partial charge in [-0.2, -0.15) is 0 Å². The quantitative estimate of drug-likeness (QED) is 0.700. The molecule has 4 heteroatoms. The third kappa shape index (κ3) is 5.47. The summed E-state index contributed by atoms with van der Waals surface area (Å²) >= 11 is 0. The van der Waals surface area contributed by atoms with Crippen molar-refractivity contribution in [3.63, 3.8) is 0 Å². The first-order valence-corrected chi connectivity index (χ1v) is 6.28. The smallest absolute Gasteiger partial charge is 0.234 e. The molecule has 0 heterocycles. The molecule has 1 rings (SSSR count). The number of carbonyl (C=O) groups is 1. The first-order chi connectivity index (χ1) is 7.72. The van der Waals surface area contributed by atoms with E-state index in [1.807, 2.05) is 7.05 Å². The Balaban J connectivity index is 2.13. The number of amides is 1. The van der Waals surface area contributed by atoms with Crippen molar-refractivity contribution in [2.75, 3.05) is 33.3 Å². The van der Waals surface area contributed by atoms with Crippen LogP contribution in [0.4, 0.5) is 0 Å². The maximum atomic E-state index is 11.4. The van der Waals surface area contributed by atoms with Crippen molar-refractivity contribution in [2.24, 2.45) is 5.92 Å². The van der Waals surface area contributed by atoms with Gasteiger partial charge in [-0.25, -0.2) is 0 Å². The molecular weight excluding hydrogens is 204 g/mol. The second-order valence-electron chi connectivity index (χ2n) is 4.77. The van der Waals surface area contributed by atoms with Crippen LogP contribution < -0.4 is 5.32 Å². The zero-order valence-electron chi connectivity index (χ0n) is 10.2. The molecule has 1 aliphatic carbocycles. The van der Waals surface area contributed by atoms with Crippen LogP contribution >= 0.6 is 0 Å². The number of aliphatic hydroxyl groups is 1. The van der Waals surface area contributed by atoms with Crippen LogP contribution in [0.1, 0.15) is 32.1 Å². The number of likely N-dealkylation sites (N-methyl/N-ethyl adjacent to an activating group) is 1. The molecular formula is C12H24N2O2. The number of rotatable bonds is 6. The van der Waals surface area contributed by atoms with E-state index in [2.05, 4.69) is 10.2 Å². The average molecular weight is 228 g/mol. The number of hydrogen-bond donors (Lipinski definition) is 2. The van der Waals surface area contributed by atoms with Gasteiger partial charge in [-0.15, -0.1) is 0 Å². The molecule has 1 aliphatic rings. The van der Waals surface area contributed by atoms with Gasteiger partial charge in [0.2, 0.25) is 5.91 Å². The molecule has 0 atom stereocenters. The van der Waals surface area contributed by atoms with Gasteiger partial charge in [0.15, 0.2) is 0 Å². The zero-order chi connectivity index (χ0) is 11.8. The molecule has 2 N–H and O–H groups in total. The highest BCUT2D eigenvalue weighted by Crippen LogP contribution is 2.23. The first kappa shape index (κ1) is 13.5. The van der Waals surface area contributed by atoms with Crippen LogP contribution in [0.25, 0.3) is 0 Å². The molecule has 0 unspecified atom stereocenters. The van der Waals surface area contributed by atoms with Crippen LogP contribution in [0.2, 0.25) is 0 Å². The highest BCUT2D eigenvalue weighted by atomic mass is 16.3. The number of hydrogen-bond acceptors (Lipinski definition) is 3. The number of nitrogens with zero attached hydrogens (tertiary/aromatic N) is 1. The van der Waals surface area contributed by atoms with Crippen molar-refractivity contribution in [3.05, 3.63) is 0 Å². The molecule has 1 amide bonds. The SMILES string of the molecule is CN(CC(=O)NCCO)CC1CCCCC1. The summed E-state index contributed by atoms with van der Waals surface area (Å²) in [4.78, 5) is 13.5. The molecule has 0 spiro atoms. The fourth-order valence-corrected chi connectivity index (χ4v) is 2.37. The summed E-state index contributed by atoms with van der Waals surface area (Å²) < 4.78 is 0. The van der Waals surface area contributed by atoms with Gasteiger partial charge in [-0.3, -0.25) is 9.69 Å². The zero-order valence-corrected chi connectivity index (χ0v) is 10.2. The van der Waals surface area contributed by atoms with E-state index in [-0.39, 0.29) is 12.5 Å². The molecule has 0 aromatic heterocycles. The predicted molar refractivity (Wildman–Crippen MR) is 64.2 cm³/mol. The van der Waals surface area contributed by atoms with Gasteiger partial charge in [0, 0.05) is 13.1 Å². The number of carbonyl (C=O) groups excluding carboxylic acids is 1. The lowest BCUT2D eigenvalue weighted by Crippen LogP contribution is -2.38. The van der Waals surface area contributed by atoms with Gasteiger partial charge in [0.25, 0.3) is 0 Å². The molecule has 1 saturated carbocycles. The van der Waals surface area contributed by atoms with Crippen molar-refractivity contribution in [1.29, 1.82) is 0 Å². The van der Waals surface area contributed by atoms with Crippen LogP contribution in [0, 0.1) is 5.92 Å². The largest absolute Gasteiger partial charge is 0.395 e. The van der Waals surface area contributed by atoms with Crippen molar-refractivity contribution < 1.29 is 9.90 Å². The summed E-state index contributed by atoms with van der Waals surface area (Å²) in [5.74, 6) is 0.775. The summed E-state index contributed by atoms with van der Waals surface area (Å²) in [6.45, 7) is 1.83. The van der Waals surface area contributed by atoms with E-state index in [9.17, 15) is 4.79 Å². The molecule has 0 bridgehead atoms. The Morgan fingerprint density at radius 2 is 2.06 bits per heavy atom. The Morgan fingerprint density at radius 1 is 1.38 bits per heavy atom. The lowest BCUT2D eigenvalue weighted by molar-refractivity contribution is -0.122. The van der Waals surface area contributed by atoms with E-state index in [1.54, 1.807) is 0 Å². The summed E-state index contributed by atoms with van der Waals surface area (Å²) in [5, 5.41) is 11.3. The van der Waals surface area contributed by atoms with E-state index < -0.39 is 0 Å². The maximum absolute atomic E-state index is 11.4. The van der Waals surface area contributed by atoms with E-state index in [0.717, 1.165) is 12.5 Å². The van der Waals surface area contributed by atoms with Crippen molar-refractivity contribution in [3.8, 4) is 0 Å². The lowest BCUT2D eigenvalue weighted by atomic mass is 9.89. The minimum Gasteiger partial charge on any atom is -0.395 e. The molecule has 16 heavy (non-hydrogen) atoms. The Bertz CT molecular complexity index is 203. The van der Waals surface area contributed by atoms with Gasteiger partial charge < -0.3 is 10.4 Å². The molecule has 0 aliphatic heterocycles. The summed E-state index contributed by atoms with van der Waals surface area (Å²) in [6.07, 6.45) is 6.67. The van der Waals surface area contributed by atoms with Crippen molar-refractivity contribution in [2.45, 2.75) is 32.1 Å². The van der Waals surface area contributed by atoms with E-state index in [0.29, 0.717) is 13.1 Å². The fraction of sp³-hybridized carbons (Fsp3) is 0.917. The highest BCUT2D eigenvalue weighted by molar-refractivity contribution is 5.77. The molecule has 0 aromatic rings. The summed E-state index contributed by atoms with van der Waals surface area (Å²) in [7, 11) is 1.99. The first-order valence-electron chi connectivity index (χ1n) is 6.28. The van der Waals surface area contributed by atoms with Gasteiger partial charge in [-0.05, 0) is 25.8 Å². The molecule has 4 nitrogen and oxygen atoms in total. The van der Waals surface area contributed by atoms with Crippen LogP contribution in [0.15, 0.2) is 0 Å². The molecule has 94 valence electrons. The second-order valence-corrected chi connectivity index (χ2v) is 4.77. The van der Waals surface area contributed by atoms with Crippen LogP contribution in [0.5, 0.6) is 0 Å². The topological polar surface area (TPSA) is 52.6 Å². The average Bonchev–Trinajstić information content (AvgIpc) is 2.27. The second kappa shape index (κ2) is 7.63. The van der Waals surface area contributed by atoms with Gasteiger partial charge in [0.05, 0.1) is 13.2 Å². The van der Waals surface area contributed by atoms with E-state index in [1.165, 1.54) is 32.1 Å². The standard InChI is InChI=1S/C12H24N2O2/c1-14(10-12(16)13-7-8-15)9-11-5-3-2-4-6-11/h11,15H,2-10H2,1H3,(H,13,16). The number of aliphatic hydroxyl groups excluding tert-OH is 1. The summed E-state index contributed by atoms with van der Waals surface area (Å²) in [6, 6.07) is 0. The monoisotopic (exact) mass is 228 g/mol. The minimum absolute atomic E-state index is 0.00681. The van der Waals surface area contributed by atoms with Crippen molar-refractivity contribution >= 4 is 5.91 Å². The normalized spacial score (nSPS) is 17.7. The third-order valence-electron chi connectivity index (χ3n) is 3.14. The lowest BCUT2D eigenvalue weighted by Gasteiger charge is -2.26. The minimum atomic E-state index is 0.00681. The number of nitrogens with one attached hydrogen (secondary N) is 1. The van der Waals surface area contributed by atoms with Crippen LogP contribution in [-0.2, 0) is 4.79 Å². The Hall–Kier alpha value is -0.610. The Labute approximate surface area is 98.0 Å². The van der Waals surface area contributed by atoms with Gasteiger partial charge in [0.1, 0.15) is 0 Å². The molecule has 0 radical (unpaired) electrons. The fourth-order valence-electron chi connectivity index (χ4n) is 2.37. The Kier molecular flexibility index (Phi) is 6.42. The molecule has 0 aromatic carbocycles. The third-order valence-corrected chi connectivity index (χ3v) is 3.14. The predicted octanol–water partition coefficient (Wildman–Crippen LogP) is 0.607. The van der Waals surface area contributed by atoms with Gasteiger partial charge >= 0.3 is 0 Å². The maximum Gasteiger partial charge on any atom is 0.234 e. The highest BCUT2D eigenvalue weighted by Gasteiger charge is 2.16. The Morgan fingerprint density at radius 3 is 2.69 bits per heavy atom. The van der Waals surface area contributed by atoms with E-state index in [4.69, 9.17) is 5.11 Å². The van der Waals surface area contributed by atoms with E-state index >= 15 is 0 Å². The van der Waals surface area contributed by atoms with Crippen LogP contribution in [0.3, 0.4) is 0 Å². The molecule has 0 saturated heterocycles. The van der Waals surface area contributed by atoms with Crippen LogP contribution in [-0.4, -0.2) is 49.2 Å². The van der Waals surface area contributed by atoms with Gasteiger partial charge in [-0.1, -0.05) is 19.3 Å². The van der Waals surface area contributed by atoms with Crippen molar-refractivity contribution in [1.82, 2.24) is 10.2 Å². The molecule has 1 fully saturated rings.